The van der Waals surface area contributed by atoms with Crippen LogP contribution in [0.2, 0.25) is 0 Å². The molecule has 9 heteroatoms. The molecule has 0 spiro atoms. The number of nitrogens with zero attached hydrogens (tertiary/aromatic N) is 2. The molecule has 0 aliphatic rings. The Morgan fingerprint density at radius 3 is 2.12 bits per heavy atom. The van der Waals surface area contributed by atoms with Gasteiger partial charge in [0.2, 0.25) is 5.67 Å². The maximum Gasteiger partial charge on any atom is 0.332 e. The van der Waals surface area contributed by atoms with Crippen molar-refractivity contribution in [1.29, 1.82) is 0 Å². The summed E-state index contributed by atoms with van der Waals surface area (Å²) in [6, 6.07) is 26.5. The van der Waals surface area contributed by atoms with E-state index in [0.717, 1.165) is 88.4 Å². The smallest absolute Gasteiger partial charge is 0.332 e. The van der Waals surface area contributed by atoms with Gasteiger partial charge >= 0.3 is 5.97 Å². The van der Waals surface area contributed by atoms with Gasteiger partial charge in [0.15, 0.2) is 5.78 Å². The van der Waals surface area contributed by atoms with Crippen molar-refractivity contribution in [3.8, 4) is 5.75 Å². The number of alkyl halides is 3. The van der Waals surface area contributed by atoms with E-state index < -0.39 is 24.7 Å². The van der Waals surface area contributed by atoms with Gasteiger partial charge in [0.1, 0.15) is 18.1 Å². The van der Waals surface area contributed by atoms with Crippen LogP contribution in [0.4, 0.5) is 13.2 Å². The number of benzene rings is 5. The van der Waals surface area contributed by atoms with Crippen molar-refractivity contribution in [3.63, 3.8) is 0 Å². The van der Waals surface area contributed by atoms with Gasteiger partial charge in [-0.2, -0.15) is 0 Å². The maximum atomic E-state index is 14.3. The summed E-state index contributed by atoms with van der Waals surface area (Å²) in [5.41, 5.74) is 5.05. The Kier molecular flexibility index (Phi) is 12.0. The summed E-state index contributed by atoms with van der Waals surface area (Å²) in [5, 5.41) is 8.01. The normalized spacial score (nSPS) is 13.7. The van der Waals surface area contributed by atoms with Crippen LogP contribution >= 0.6 is 0 Å². The quantitative estimate of drug-likeness (QED) is 0.0452. The number of ketones is 1. The average molecular weight is 763 g/mol. The monoisotopic (exact) mass is 762 g/mol. The van der Waals surface area contributed by atoms with Crippen molar-refractivity contribution in [2.75, 3.05) is 6.61 Å². The number of halogens is 3. The predicted octanol–water partition coefficient (Wildman–Crippen LogP) is 12.0. The van der Waals surface area contributed by atoms with Crippen LogP contribution in [0.15, 0.2) is 90.1 Å². The number of hydrogen-bond acceptors (Lipinski definition) is 5. The minimum Gasteiger partial charge on any atom is -0.490 e. The molecule has 6 aromatic rings. The van der Waals surface area contributed by atoms with Crippen molar-refractivity contribution in [3.05, 3.63) is 124 Å². The van der Waals surface area contributed by atoms with Crippen molar-refractivity contribution >= 4 is 50.0 Å². The molecule has 0 amide bonds. The van der Waals surface area contributed by atoms with Crippen LogP contribution in [0.25, 0.3) is 32.6 Å². The molecule has 5 aromatic carbocycles. The summed E-state index contributed by atoms with van der Waals surface area (Å²) >= 11 is 0. The van der Waals surface area contributed by atoms with E-state index in [4.69, 9.17) is 9.57 Å². The molecule has 6 rings (SSSR count). The standard InChI is InChI=1S/C47H49F3N2O4/c1-8-10-13-32(9-2)26-52-41-21-18-34(45(54)42-29(4)22-28(3)23-30(42)5)24-38(41)40-25-39(36-14-11-12-15-37(36)44(40)52)43(51-56-31(6)53)33-16-19-35(20-17-33)55-27-47(7,50)46(48)49/h11-12,14-25,32,46H,8-10,13,26-27H2,1-7H3/b51-43-. The van der Waals surface area contributed by atoms with E-state index in [1.165, 1.54) is 6.92 Å². The van der Waals surface area contributed by atoms with E-state index in [-0.39, 0.29) is 11.5 Å². The zero-order valence-electron chi connectivity index (χ0n) is 33.1. The Balaban J connectivity index is 1.59. The molecule has 0 saturated heterocycles. The molecule has 0 radical (unpaired) electrons. The van der Waals surface area contributed by atoms with Gasteiger partial charge < -0.3 is 14.1 Å². The van der Waals surface area contributed by atoms with Crippen LogP contribution < -0.4 is 4.74 Å². The van der Waals surface area contributed by atoms with Gasteiger partial charge in [0.05, 0.1) is 5.52 Å². The Hall–Kier alpha value is -5.44. The zero-order chi connectivity index (χ0) is 40.3. The van der Waals surface area contributed by atoms with Gasteiger partial charge in [-0.15, -0.1) is 0 Å². The van der Waals surface area contributed by atoms with Crippen molar-refractivity contribution in [2.24, 2.45) is 11.1 Å². The topological polar surface area (TPSA) is 69.9 Å². The fourth-order valence-corrected chi connectivity index (χ4v) is 7.71. The Morgan fingerprint density at radius 1 is 0.839 bits per heavy atom. The van der Waals surface area contributed by atoms with Crippen molar-refractivity contribution in [1.82, 2.24) is 4.57 Å². The van der Waals surface area contributed by atoms with Crippen molar-refractivity contribution in [2.45, 2.75) is 92.8 Å². The first-order chi connectivity index (χ1) is 26.7. The lowest BCUT2D eigenvalue weighted by Crippen LogP contribution is -2.35. The van der Waals surface area contributed by atoms with Crippen LogP contribution in [-0.4, -0.2) is 40.7 Å². The first kappa shape index (κ1) is 40.2. The molecule has 0 aliphatic heterocycles. The summed E-state index contributed by atoms with van der Waals surface area (Å²) in [5.74, 6) is -0.0251. The molecular weight excluding hydrogens is 714 g/mol. The molecule has 6 nitrogen and oxygen atoms in total. The van der Waals surface area contributed by atoms with Crippen LogP contribution in [0.5, 0.6) is 5.75 Å². The molecule has 56 heavy (non-hydrogen) atoms. The number of unbranched alkanes of at least 4 members (excludes halogenated alkanes) is 1. The van der Waals surface area contributed by atoms with E-state index >= 15 is 0 Å². The minimum absolute atomic E-state index is 0.0424. The number of carbonyl (C=O) groups excluding carboxylic acids is 2. The van der Waals surface area contributed by atoms with Crippen LogP contribution in [0, 0.1) is 26.7 Å². The summed E-state index contributed by atoms with van der Waals surface area (Å²) in [6.07, 6.45) is 1.16. The number of carbonyl (C=O) groups is 2. The fourth-order valence-electron chi connectivity index (χ4n) is 7.71. The Morgan fingerprint density at radius 2 is 1.50 bits per heavy atom. The molecule has 0 fully saturated rings. The van der Waals surface area contributed by atoms with E-state index in [1.807, 2.05) is 69.3 Å². The Labute approximate surface area is 326 Å². The molecule has 2 unspecified atom stereocenters. The van der Waals surface area contributed by atoms with E-state index in [1.54, 1.807) is 24.3 Å². The lowest BCUT2D eigenvalue weighted by atomic mass is 9.91. The molecule has 0 bridgehead atoms. The third kappa shape index (κ3) is 8.23. The van der Waals surface area contributed by atoms with Gasteiger partial charge in [-0.25, -0.2) is 18.0 Å². The largest absolute Gasteiger partial charge is 0.490 e. The summed E-state index contributed by atoms with van der Waals surface area (Å²) in [6.45, 7) is 12.4. The first-order valence-electron chi connectivity index (χ1n) is 19.3. The van der Waals surface area contributed by atoms with Crippen molar-refractivity contribution < 1.29 is 32.3 Å². The lowest BCUT2D eigenvalue weighted by molar-refractivity contribution is -0.140. The lowest BCUT2D eigenvalue weighted by Gasteiger charge is -2.20. The van der Waals surface area contributed by atoms with Crippen LogP contribution in [0.3, 0.4) is 0 Å². The van der Waals surface area contributed by atoms with Gasteiger partial charge in [0.25, 0.3) is 6.43 Å². The fraction of sp³-hybridized carbons (Fsp3) is 0.340. The van der Waals surface area contributed by atoms with E-state index in [0.29, 0.717) is 33.9 Å². The van der Waals surface area contributed by atoms with Crippen LogP contribution in [0.1, 0.15) is 97.1 Å². The highest BCUT2D eigenvalue weighted by Gasteiger charge is 2.36. The number of ether oxygens (including phenoxy) is 1. The van der Waals surface area contributed by atoms with Gasteiger partial charge in [-0.05, 0) is 105 Å². The third-order valence-corrected chi connectivity index (χ3v) is 10.6. The second-order valence-electron chi connectivity index (χ2n) is 15.1. The highest BCUT2D eigenvalue weighted by molar-refractivity contribution is 6.27. The highest BCUT2D eigenvalue weighted by atomic mass is 19.3. The SMILES string of the molecule is CCCCC(CC)Cn1c2ccc(C(=O)c3c(C)cc(C)cc3C)cc2c2cc(/C(=N\OC(C)=O)c3ccc(OCC(C)(F)C(F)F)cc3)c3ccccc3c21. The first-order valence-corrected chi connectivity index (χ1v) is 19.3. The molecule has 0 saturated carbocycles. The predicted molar refractivity (Wildman–Crippen MR) is 219 cm³/mol. The summed E-state index contributed by atoms with van der Waals surface area (Å²) in [7, 11) is 0. The third-order valence-electron chi connectivity index (χ3n) is 10.6. The second kappa shape index (κ2) is 16.7. The van der Waals surface area contributed by atoms with E-state index in [2.05, 4.69) is 35.7 Å². The highest BCUT2D eigenvalue weighted by Crippen LogP contribution is 2.39. The molecule has 1 aromatic heterocycles. The van der Waals surface area contributed by atoms with Gasteiger partial charge in [0, 0.05) is 57.4 Å². The summed E-state index contributed by atoms with van der Waals surface area (Å²) < 4.78 is 48.3. The Bertz CT molecular complexity index is 2420. The molecule has 292 valence electrons. The number of aromatic nitrogens is 1. The molecule has 0 N–H and O–H groups in total. The van der Waals surface area contributed by atoms with E-state index in [9.17, 15) is 22.8 Å². The van der Waals surface area contributed by atoms with Gasteiger partial charge in [-0.3, -0.25) is 4.79 Å². The number of aryl methyl sites for hydroxylation is 3. The molecular formula is C47H49F3N2O4. The zero-order valence-corrected chi connectivity index (χ0v) is 33.1. The maximum absolute atomic E-state index is 14.3. The average Bonchev–Trinajstić information content (AvgIpc) is 3.47. The second-order valence-corrected chi connectivity index (χ2v) is 15.1. The number of oxime groups is 1. The molecule has 1 heterocycles. The minimum atomic E-state index is -3.20. The number of rotatable bonds is 15. The van der Waals surface area contributed by atoms with Crippen LogP contribution in [-0.2, 0) is 16.2 Å². The number of fused-ring (bicyclic) bond motifs is 5. The molecule has 2 atom stereocenters. The number of hydrogen-bond donors (Lipinski definition) is 0. The van der Waals surface area contributed by atoms with Gasteiger partial charge in [-0.1, -0.05) is 80.2 Å². The summed E-state index contributed by atoms with van der Waals surface area (Å²) in [4.78, 5) is 31.7. The molecule has 0 aliphatic carbocycles.